The number of ether oxygens (including phenoxy) is 2. The van der Waals surface area contributed by atoms with Crippen molar-refractivity contribution in [3.63, 3.8) is 0 Å². The molecule has 0 spiro atoms. The Hall–Kier alpha value is -3.57. The van der Waals surface area contributed by atoms with Crippen molar-refractivity contribution in [1.82, 2.24) is 10.2 Å². The van der Waals surface area contributed by atoms with Gasteiger partial charge in [-0.1, -0.05) is 58.6 Å². The number of hydrogen-bond donors (Lipinski definition) is 1. The molecule has 4 rings (SSSR count). The summed E-state index contributed by atoms with van der Waals surface area (Å²) in [6.45, 7) is 3.19. The van der Waals surface area contributed by atoms with Crippen LogP contribution in [0.4, 0.5) is 5.69 Å². The van der Waals surface area contributed by atoms with Gasteiger partial charge in [0.2, 0.25) is 11.8 Å². The number of halogens is 1. The van der Waals surface area contributed by atoms with Crippen LogP contribution in [0.1, 0.15) is 43.7 Å². The van der Waals surface area contributed by atoms with Gasteiger partial charge in [-0.15, -0.1) is 0 Å². The summed E-state index contributed by atoms with van der Waals surface area (Å²) in [6, 6.07) is 17.9. The van der Waals surface area contributed by atoms with Crippen LogP contribution in [0.25, 0.3) is 0 Å². The molecule has 0 unspecified atom stereocenters. The maximum absolute atomic E-state index is 14.1. The van der Waals surface area contributed by atoms with Crippen LogP contribution in [0, 0.1) is 6.92 Å². The maximum Gasteiger partial charge on any atom is 0.264 e. The quantitative estimate of drug-likeness (QED) is 0.275. The minimum atomic E-state index is -4.25. The van der Waals surface area contributed by atoms with Gasteiger partial charge in [-0.2, -0.15) is 0 Å². The largest absolute Gasteiger partial charge is 0.493 e. The highest BCUT2D eigenvalue weighted by atomic mass is 79.9. The van der Waals surface area contributed by atoms with Crippen molar-refractivity contribution in [3.05, 3.63) is 82.3 Å². The highest BCUT2D eigenvalue weighted by Crippen LogP contribution is 2.32. The van der Waals surface area contributed by atoms with E-state index in [2.05, 4.69) is 21.2 Å². The summed E-state index contributed by atoms with van der Waals surface area (Å²) in [5.41, 5.74) is 2.06. The van der Waals surface area contributed by atoms with Crippen LogP contribution in [0.3, 0.4) is 0 Å². The molecule has 0 heterocycles. The maximum atomic E-state index is 14.1. The van der Waals surface area contributed by atoms with Crippen molar-refractivity contribution in [2.24, 2.45) is 0 Å². The third-order valence-electron chi connectivity index (χ3n) is 7.68. The Morgan fingerprint density at radius 3 is 2.19 bits per heavy atom. The average Bonchev–Trinajstić information content (AvgIpc) is 3.52. The van der Waals surface area contributed by atoms with Crippen molar-refractivity contribution in [2.75, 3.05) is 25.1 Å². The molecule has 0 aromatic heterocycles. The van der Waals surface area contributed by atoms with E-state index in [1.165, 1.54) is 37.3 Å². The summed E-state index contributed by atoms with van der Waals surface area (Å²) in [5.74, 6) is -0.154. The fourth-order valence-corrected chi connectivity index (χ4v) is 6.80. The van der Waals surface area contributed by atoms with Crippen molar-refractivity contribution in [1.29, 1.82) is 0 Å². The normalized spacial score (nSPS) is 14.2. The summed E-state index contributed by atoms with van der Waals surface area (Å²) in [5, 5.41) is 3.08. The van der Waals surface area contributed by atoms with Gasteiger partial charge in [-0.05, 0) is 68.7 Å². The van der Waals surface area contributed by atoms with Crippen LogP contribution in [0.2, 0.25) is 0 Å². The van der Waals surface area contributed by atoms with Crippen molar-refractivity contribution in [2.45, 2.75) is 63.1 Å². The first-order valence-electron chi connectivity index (χ1n) is 14.2. The van der Waals surface area contributed by atoms with E-state index >= 15 is 0 Å². The molecule has 1 saturated carbocycles. The van der Waals surface area contributed by atoms with Gasteiger partial charge in [-0.25, -0.2) is 8.42 Å². The van der Waals surface area contributed by atoms with E-state index in [-0.39, 0.29) is 29.1 Å². The monoisotopic (exact) mass is 671 g/mol. The second-order valence-electron chi connectivity index (χ2n) is 10.7. The number of nitrogens with one attached hydrogen (secondary N) is 1. The number of amides is 2. The highest BCUT2D eigenvalue weighted by molar-refractivity contribution is 9.10. The summed E-state index contributed by atoms with van der Waals surface area (Å²) in [6.07, 6.45) is 3.93. The molecular weight excluding hydrogens is 634 g/mol. The summed E-state index contributed by atoms with van der Waals surface area (Å²) in [4.78, 5) is 28.9. The van der Waals surface area contributed by atoms with E-state index in [4.69, 9.17) is 9.47 Å². The van der Waals surface area contributed by atoms with E-state index in [9.17, 15) is 18.0 Å². The van der Waals surface area contributed by atoms with Gasteiger partial charge in [0.05, 0.1) is 24.8 Å². The Kier molecular flexibility index (Phi) is 10.7. The van der Waals surface area contributed by atoms with Gasteiger partial charge < -0.3 is 19.7 Å². The first kappa shape index (κ1) is 32.3. The Morgan fingerprint density at radius 2 is 1.58 bits per heavy atom. The summed E-state index contributed by atoms with van der Waals surface area (Å²) in [7, 11) is -1.36. The SMILES string of the molecule is COc1ccc(S(=O)(=O)N(CC(=O)N(Cc2ccc(Br)cc2)[C@H](C)C(=O)NC2CCCC2)c2ccc(C)cc2)cc1OC. The predicted molar refractivity (Wildman–Crippen MR) is 170 cm³/mol. The first-order valence-corrected chi connectivity index (χ1v) is 16.4. The van der Waals surface area contributed by atoms with Crippen molar-refractivity contribution < 1.29 is 27.5 Å². The van der Waals surface area contributed by atoms with Gasteiger partial charge >= 0.3 is 0 Å². The number of hydrogen-bond acceptors (Lipinski definition) is 6. The van der Waals surface area contributed by atoms with Crippen molar-refractivity contribution >= 4 is 43.5 Å². The van der Waals surface area contributed by atoms with Crippen LogP contribution in [0.15, 0.2) is 76.1 Å². The minimum Gasteiger partial charge on any atom is -0.493 e. The van der Waals surface area contributed by atoms with Crippen molar-refractivity contribution in [3.8, 4) is 11.5 Å². The van der Waals surface area contributed by atoms with Crippen LogP contribution in [-0.4, -0.2) is 58.0 Å². The van der Waals surface area contributed by atoms with Crippen LogP contribution in [0.5, 0.6) is 11.5 Å². The number of aryl methyl sites for hydroxylation is 1. The van der Waals surface area contributed by atoms with E-state index in [1.807, 2.05) is 31.2 Å². The Balaban J connectivity index is 1.71. The number of anilines is 1. The third-order valence-corrected chi connectivity index (χ3v) is 9.98. The molecule has 1 fully saturated rings. The zero-order valence-corrected chi connectivity index (χ0v) is 27.3. The fourth-order valence-electron chi connectivity index (χ4n) is 5.11. The van der Waals surface area contributed by atoms with E-state index in [0.29, 0.717) is 11.4 Å². The fraction of sp³-hybridized carbons (Fsp3) is 0.375. The number of nitrogens with zero attached hydrogens (tertiary/aromatic N) is 2. The molecular formula is C32H38BrN3O6S. The van der Waals surface area contributed by atoms with Gasteiger partial charge in [0.1, 0.15) is 12.6 Å². The molecule has 0 radical (unpaired) electrons. The van der Waals surface area contributed by atoms with Crippen LogP contribution in [-0.2, 0) is 26.2 Å². The highest BCUT2D eigenvalue weighted by Gasteiger charge is 2.33. The molecule has 1 N–H and O–H groups in total. The molecule has 43 heavy (non-hydrogen) atoms. The Labute approximate surface area is 262 Å². The molecule has 230 valence electrons. The minimum absolute atomic E-state index is 0.0648. The third kappa shape index (κ3) is 7.88. The second-order valence-corrected chi connectivity index (χ2v) is 13.5. The second kappa shape index (κ2) is 14.3. The Morgan fingerprint density at radius 1 is 0.953 bits per heavy atom. The standard InChI is InChI=1S/C32H38BrN3O6S/c1-22-9-15-27(16-10-22)36(43(39,40)28-17-18-29(41-3)30(19-28)42-4)21-31(37)35(20-24-11-13-25(33)14-12-24)23(2)32(38)34-26-7-5-6-8-26/h9-19,23,26H,5-8,20-21H2,1-4H3,(H,34,38)/t23-/m1/s1. The van der Waals surface area contributed by atoms with E-state index in [1.54, 1.807) is 31.2 Å². The molecule has 0 aliphatic heterocycles. The number of carbonyl (C=O) groups is 2. The molecule has 11 heteroatoms. The number of sulfonamides is 1. The first-order chi connectivity index (χ1) is 20.5. The molecule has 3 aromatic rings. The predicted octanol–water partition coefficient (Wildman–Crippen LogP) is 5.45. The molecule has 2 amide bonds. The zero-order chi connectivity index (χ0) is 31.1. The Bertz CT molecular complexity index is 1520. The number of rotatable bonds is 12. The molecule has 1 aliphatic rings. The summed E-state index contributed by atoms with van der Waals surface area (Å²) < 4.78 is 40.9. The lowest BCUT2D eigenvalue weighted by molar-refractivity contribution is -0.139. The molecule has 1 aliphatic carbocycles. The molecule has 0 saturated heterocycles. The smallest absolute Gasteiger partial charge is 0.264 e. The lowest BCUT2D eigenvalue weighted by atomic mass is 10.1. The van der Waals surface area contributed by atoms with Gasteiger partial charge in [0.15, 0.2) is 11.5 Å². The molecule has 3 aromatic carbocycles. The summed E-state index contributed by atoms with van der Waals surface area (Å²) >= 11 is 3.43. The van der Waals surface area contributed by atoms with Gasteiger partial charge in [0.25, 0.3) is 10.0 Å². The average molecular weight is 673 g/mol. The van der Waals surface area contributed by atoms with Crippen LogP contribution < -0.4 is 19.1 Å². The van der Waals surface area contributed by atoms with E-state index < -0.39 is 28.5 Å². The van der Waals surface area contributed by atoms with Gasteiger partial charge in [-0.3, -0.25) is 13.9 Å². The lowest BCUT2D eigenvalue weighted by Gasteiger charge is -2.32. The topological polar surface area (TPSA) is 105 Å². The van der Waals surface area contributed by atoms with Gasteiger partial charge in [0, 0.05) is 23.1 Å². The van der Waals surface area contributed by atoms with E-state index in [0.717, 1.165) is 45.6 Å². The number of methoxy groups -OCH3 is 2. The number of carbonyl (C=O) groups excluding carboxylic acids is 2. The van der Waals surface area contributed by atoms with Crippen LogP contribution >= 0.6 is 15.9 Å². The number of benzene rings is 3. The molecule has 9 nitrogen and oxygen atoms in total. The zero-order valence-electron chi connectivity index (χ0n) is 24.9. The molecule has 1 atom stereocenters. The lowest BCUT2D eigenvalue weighted by Crippen LogP contribution is -2.52. The molecule has 0 bridgehead atoms.